The highest BCUT2D eigenvalue weighted by molar-refractivity contribution is 9.10. The van der Waals surface area contributed by atoms with E-state index in [1.165, 1.54) is 12.1 Å². The number of halogens is 1. The minimum absolute atomic E-state index is 0.0278. The fourth-order valence-electron chi connectivity index (χ4n) is 1.87. The molecule has 0 fully saturated rings. The quantitative estimate of drug-likeness (QED) is 0.494. The average Bonchev–Trinajstić information content (AvgIpc) is 3.03. The van der Waals surface area contributed by atoms with Crippen LogP contribution in [0.2, 0.25) is 0 Å². The van der Waals surface area contributed by atoms with Gasteiger partial charge < -0.3 is 9.26 Å². The summed E-state index contributed by atoms with van der Waals surface area (Å²) < 4.78 is 11.6. The lowest BCUT2D eigenvalue weighted by atomic mass is 10.2. The second-order valence-corrected chi connectivity index (χ2v) is 5.48. The van der Waals surface area contributed by atoms with Gasteiger partial charge in [-0.15, -0.1) is 0 Å². The van der Waals surface area contributed by atoms with Crippen molar-refractivity contribution in [3.05, 3.63) is 69.0 Å². The predicted molar refractivity (Wildman–Crippen MR) is 84.9 cm³/mol. The van der Waals surface area contributed by atoms with E-state index in [2.05, 4.69) is 26.1 Å². The Labute approximate surface area is 139 Å². The van der Waals surface area contributed by atoms with Gasteiger partial charge >= 0.3 is 0 Å². The standard InChI is InChI=1S/C15H10BrN3O4/c16-11-4-6-13(7-5-11)22-9-14-17-15(18-23-14)10-2-1-3-12(8-10)19(20)21/h1-8H,9H2. The number of hydrogen-bond donors (Lipinski definition) is 0. The summed E-state index contributed by atoms with van der Waals surface area (Å²) >= 11 is 3.34. The van der Waals surface area contributed by atoms with Gasteiger partial charge in [0.2, 0.25) is 5.82 Å². The number of non-ortho nitro benzene ring substituents is 1. The molecule has 0 unspecified atom stereocenters. The summed E-state index contributed by atoms with van der Waals surface area (Å²) in [5, 5.41) is 14.6. The average molecular weight is 376 g/mol. The van der Waals surface area contributed by atoms with Gasteiger partial charge in [0, 0.05) is 22.2 Å². The van der Waals surface area contributed by atoms with Gasteiger partial charge in [0.1, 0.15) is 5.75 Å². The van der Waals surface area contributed by atoms with Crippen molar-refractivity contribution in [2.24, 2.45) is 0 Å². The van der Waals surface area contributed by atoms with E-state index >= 15 is 0 Å². The van der Waals surface area contributed by atoms with E-state index in [1.54, 1.807) is 12.1 Å². The molecular formula is C15H10BrN3O4. The number of nitro benzene ring substituents is 1. The molecule has 1 aromatic heterocycles. The fourth-order valence-corrected chi connectivity index (χ4v) is 2.13. The highest BCUT2D eigenvalue weighted by atomic mass is 79.9. The Morgan fingerprint density at radius 1 is 1.22 bits per heavy atom. The maximum absolute atomic E-state index is 10.8. The first-order valence-corrected chi connectivity index (χ1v) is 7.37. The van der Waals surface area contributed by atoms with Gasteiger partial charge in [0.25, 0.3) is 11.6 Å². The van der Waals surface area contributed by atoms with Gasteiger partial charge in [0.05, 0.1) is 4.92 Å². The Hall–Kier alpha value is -2.74. The first kappa shape index (κ1) is 15.2. The lowest BCUT2D eigenvalue weighted by Gasteiger charge is -2.02. The number of nitro groups is 1. The second-order valence-electron chi connectivity index (χ2n) is 4.56. The van der Waals surface area contributed by atoms with Crippen LogP contribution in [0.25, 0.3) is 11.4 Å². The number of hydrogen-bond acceptors (Lipinski definition) is 6. The summed E-state index contributed by atoms with van der Waals surface area (Å²) in [5.41, 5.74) is 0.484. The number of nitrogens with zero attached hydrogens (tertiary/aromatic N) is 3. The summed E-state index contributed by atoms with van der Waals surface area (Å²) in [6.07, 6.45) is 0. The zero-order chi connectivity index (χ0) is 16.2. The Balaban J connectivity index is 1.71. The fraction of sp³-hybridized carbons (Fsp3) is 0.0667. The molecule has 0 aliphatic rings. The molecule has 0 aliphatic carbocycles. The van der Waals surface area contributed by atoms with E-state index < -0.39 is 4.92 Å². The largest absolute Gasteiger partial charge is 0.484 e. The maximum Gasteiger partial charge on any atom is 0.270 e. The van der Waals surface area contributed by atoms with Gasteiger partial charge in [0.15, 0.2) is 6.61 Å². The van der Waals surface area contributed by atoms with Crippen LogP contribution in [0.1, 0.15) is 5.89 Å². The smallest absolute Gasteiger partial charge is 0.270 e. The zero-order valence-electron chi connectivity index (χ0n) is 11.7. The first-order valence-electron chi connectivity index (χ1n) is 6.57. The van der Waals surface area contributed by atoms with Gasteiger partial charge in [-0.05, 0) is 24.3 Å². The predicted octanol–water partition coefficient (Wildman–Crippen LogP) is 3.99. The monoisotopic (exact) mass is 375 g/mol. The van der Waals surface area contributed by atoms with Crippen LogP contribution in [0, 0.1) is 10.1 Å². The van der Waals surface area contributed by atoms with Crippen molar-refractivity contribution in [2.45, 2.75) is 6.61 Å². The van der Waals surface area contributed by atoms with E-state index in [0.717, 1.165) is 4.47 Å². The molecule has 0 amide bonds. The van der Waals surface area contributed by atoms with Crippen LogP contribution in [-0.2, 0) is 6.61 Å². The molecule has 0 saturated carbocycles. The molecule has 0 saturated heterocycles. The number of benzene rings is 2. The van der Waals surface area contributed by atoms with E-state index in [9.17, 15) is 10.1 Å². The molecule has 0 spiro atoms. The SMILES string of the molecule is O=[N+]([O-])c1cccc(-c2noc(COc3ccc(Br)cc3)n2)c1. The summed E-state index contributed by atoms with van der Waals surface area (Å²) in [7, 11) is 0. The van der Waals surface area contributed by atoms with Crippen molar-refractivity contribution in [3.63, 3.8) is 0 Å². The van der Waals surface area contributed by atoms with Gasteiger partial charge in [-0.3, -0.25) is 10.1 Å². The van der Waals surface area contributed by atoms with Crippen LogP contribution in [-0.4, -0.2) is 15.1 Å². The summed E-state index contributed by atoms with van der Waals surface area (Å²) in [6.45, 7) is 0.115. The topological polar surface area (TPSA) is 91.3 Å². The van der Waals surface area contributed by atoms with Crippen molar-refractivity contribution < 1.29 is 14.2 Å². The summed E-state index contributed by atoms with van der Waals surface area (Å²) in [4.78, 5) is 14.5. The molecule has 0 bridgehead atoms. The Kier molecular flexibility index (Phi) is 4.33. The highest BCUT2D eigenvalue weighted by Gasteiger charge is 2.13. The zero-order valence-corrected chi connectivity index (χ0v) is 13.3. The van der Waals surface area contributed by atoms with Crippen molar-refractivity contribution in [1.29, 1.82) is 0 Å². The van der Waals surface area contributed by atoms with Gasteiger partial charge in [-0.1, -0.05) is 33.2 Å². The highest BCUT2D eigenvalue weighted by Crippen LogP contribution is 2.22. The van der Waals surface area contributed by atoms with Crippen molar-refractivity contribution >= 4 is 21.6 Å². The molecule has 116 valence electrons. The molecule has 0 N–H and O–H groups in total. The molecule has 7 nitrogen and oxygen atoms in total. The van der Waals surface area contributed by atoms with Gasteiger partial charge in [-0.2, -0.15) is 4.98 Å². The Morgan fingerprint density at radius 2 is 2.00 bits per heavy atom. The molecule has 23 heavy (non-hydrogen) atoms. The van der Waals surface area contributed by atoms with Crippen LogP contribution in [0.15, 0.2) is 57.5 Å². The number of ether oxygens (including phenoxy) is 1. The third-order valence-corrected chi connectivity index (χ3v) is 3.49. The molecule has 3 rings (SSSR count). The van der Waals surface area contributed by atoms with Crippen molar-refractivity contribution in [3.8, 4) is 17.1 Å². The van der Waals surface area contributed by atoms with Crippen molar-refractivity contribution in [1.82, 2.24) is 10.1 Å². The van der Waals surface area contributed by atoms with E-state index in [1.807, 2.05) is 24.3 Å². The van der Waals surface area contributed by atoms with Crippen LogP contribution >= 0.6 is 15.9 Å². The van der Waals surface area contributed by atoms with Crippen LogP contribution in [0.5, 0.6) is 5.75 Å². The number of rotatable bonds is 5. The summed E-state index contributed by atoms with van der Waals surface area (Å²) in [5.74, 6) is 1.24. The van der Waals surface area contributed by atoms with E-state index in [-0.39, 0.29) is 24.0 Å². The Morgan fingerprint density at radius 3 is 2.74 bits per heavy atom. The minimum Gasteiger partial charge on any atom is -0.484 e. The minimum atomic E-state index is -0.471. The first-order chi connectivity index (χ1) is 11.1. The third kappa shape index (κ3) is 3.72. The van der Waals surface area contributed by atoms with Crippen molar-refractivity contribution in [2.75, 3.05) is 0 Å². The second kappa shape index (κ2) is 6.57. The molecule has 0 atom stereocenters. The normalized spacial score (nSPS) is 10.5. The van der Waals surface area contributed by atoms with Crippen LogP contribution in [0.3, 0.4) is 0 Å². The molecular weight excluding hydrogens is 366 g/mol. The number of aromatic nitrogens is 2. The third-order valence-electron chi connectivity index (χ3n) is 2.96. The van der Waals surface area contributed by atoms with Crippen LogP contribution in [0.4, 0.5) is 5.69 Å². The molecule has 0 radical (unpaired) electrons. The lowest BCUT2D eigenvalue weighted by molar-refractivity contribution is -0.384. The molecule has 1 heterocycles. The molecule has 8 heteroatoms. The van der Waals surface area contributed by atoms with Crippen LogP contribution < -0.4 is 4.74 Å². The van der Waals surface area contributed by atoms with E-state index in [4.69, 9.17) is 9.26 Å². The molecule has 2 aromatic carbocycles. The maximum atomic E-state index is 10.8. The Bertz CT molecular complexity index is 833. The summed E-state index contributed by atoms with van der Waals surface area (Å²) in [6, 6.07) is 13.4. The molecule has 3 aromatic rings. The van der Waals surface area contributed by atoms with E-state index in [0.29, 0.717) is 11.3 Å². The molecule has 0 aliphatic heterocycles. The lowest BCUT2D eigenvalue weighted by Crippen LogP contribution is -1.95. The van der Waals surface area contributed by atoms with Gasteiger partial charge in [-0.25, -0.2) is 0 Å².